The average Bonchev–Trinajstić information content (AvgIpc) is 3.76. The standard InChI is InChI=1S/C38H32N8O6/c1-2-30(23-5-10-28(11-6-23)52-38-39-20-26(21-40-38)46-41-15-16-42-46)22-3-8-27(9-4-22)51-29-17-25(18-29)43-24-7-12-31-32(19-24)37(50)45(36(31)49)33-13-14-34(47)44-35(33)48/h2-12,15-16,19-21,25,29-30,33,43H,1,13-14,17-18H2,(H,44,47,48)/t25?,29?,30-,33-/m1/s1. The second-order valence-corrected chi connectivity index (χ2v) is 12.8. The van der Waals surface area contributed by atoms with E-state index in [1.807, 2.05) is 54.6 Å². The lowest BCUT2D eigenvalue weighted by Crippen LogP contribution is -2.54. The molecule has 2 atom stereocenters. The number of allylic oxidation sites excluding steroid dienone is 1. The number of hydrogen-bond donors (Lipinski definition) is 2. The van der Waals surface area contributed by atoms with Crippen molar-refractivity contribution >= 4 is 29.3 Å². The lowest BCUT2D eigenvalue weighted by molar-refractivity contribution is -0.136. The highest BCUT2D eigenvalue weighted by molar-refractivity contribution is 6.23. The van der Waals surface area contributed by atoms with Crippen LogP contribution in [0.4, 0.5) is 5.69 Å². The molecule has 4 heterocycles. The van der Waals surface area contributed by atoms with Crippen LogP contribution in [-0.4, -0.2) is 71.7 Å². The Morgan fingerprint density at radius 1 is 0.846 bits per heavy atom. The first kappa shape index (κ1) is 32.5. The van der Waals surface area contributed by atoms with Gasteiger partial charge in [0, 0.05) is 36.9 Å². The second kappa shape index (κ2) is 13.5. The molecule has 260 valence electrons. The zero-order valence-electron chi connectivity index (χ0n) is 27.7. The van der Waals surface area contributed by atoms with Gasteiger partial charge in [0.1, 0.15) is 29.3 Å². The summed E-state index contributed by atoms with van der Waals surface area (Å²) in [6, 6.07) is 20.1. The molecule has 3 aromatic carbocycles. The van der Waals surface area contributed by atoms with Crippen molar-refractivity contribution in [1.82, 2.24) is 35.2 Å². The van der Waals surface area contributed by atoms with Crippen molar-refractivity contribution in [3.63, 3.8) is 0 Å². The Kier molecular flexibility index (Phi) is 8.47. The van der Waals surface area contributed by atoms with Gasteiger partial charge in [-0.15, -0.1) is 11.4 Å². The molecular formula is C38H32N8O6. The van der Waals surface area contributed by atoms with Crippen LogP contribution in [0.3, 0.4) is 0 Å². The lowest BCUT2D eigenvalue weighted by Gasteiger charge is -2.36. The Hall–Kier alpha value is -6.70. The summed E-state index contributed by atoms with van der Waals surface area (Å²) in [5, 5.41) is 13.8. The Morgan fingerprint density at radius 3 is 2.15 bits per heavy atom. The van der Waals surface area contributed by atoms with Gasteiger partial charge in [-0.05, 0) is 60.0 Å². The fraction of sp³-hybridized carbons (Fsp3) is 0.211. The Bertz CT molecular complexity index is 2160. The summed E-state index contributed by atoms with van der Waals surface area (Å²) in [6.07, 6.45) is 9.96. The third-order valence-corrected chi connectivity index (χ3v) is 9.40. The Balaban J connectivity index is 0.829. The number of fused-ring (bicyclic) bond motifs is 1. The highest BCUT2D eigenvalue weighted by Crippen LogP contribution is 2.34. The molecule has 14 nitrogen and oxygen atoms in total. The molecule has 1 saturated carbocycles. The second-order valence-electron chi connectivity index (χ2n) is 12.8. The van der Waals surface area contributed by atoms with Crippen LogP contribution in [-0.2, 0) is 9.59 Å². The predicted octanol–water partition coefficient (Wildman–Crippen LogP) is 4.59. The maximum Gasteiger partial charge on any atom is 0.322 e. The SMILES string of the molecule is C=C[C@@H](c1ccc(Oc2ncc(-n3nccn3)cn2)cc1)c1ccc(OC2CC(Nc3ccc4c(c3)C(=O)N([C@@H]3CCC(=O)NC3=O)C4=O)C2)cc1. The lowest BCUT2D eigenvalue weighted by atomic mass is 9.88. The van der Waals surface area contributed by atoms with Crippen LogP contribution in [0.2, 0.25) is 0 Å². The van der Waals surface area contributed by atoms with E-state index in [-0.39, 0.29) is 48.0 Å². The zero-order chi connectivity index (χ0) is 35.8. The van der Waals surface area contributed by atoms with Crippen LogP contribution >= 0.6 is 0 Å². The predicted molar refractivity (Wildman–Crippen MR) is 186 cm³/mol. The van der Waals surface area contributed by atoms with Crippen LogP contribution in [0.1, 0.15) is 63.4 Å². The number of nitrogens with one attached hydrogen (secondary N) is 2. The molecule has 52 heavy (non-hydrogen) atoms. The van der Waals surface area contributed by atoms with E-state index in [1.165, 1.54) is 4.80 Å². The number of imide groups is 2. The summed E-state index contributed by atoms with van der Waals surface area (Å²) in [5.74, 6) is -0.757. The molecular weight excluding hydrogens is 664 g/mol. The molecule has 2 aliphatic heterocycles. The van der Waals surface area contributed by atoms with E-state index < -0.39 is 29.7 Å². The van der Waals surface area contributed by atoms with Crippen molar-refractivity contribution < 1.29 is 28.7 Å². The molecule has 0 bridgehead atoms. The van der Waals surface area contributed by atoms with Crippen molar-refractivity contribution in [2.75, 3.05) is 5.32 Å². The molecule has 2 fully saturated rings. The first-order chi connectivity index (χ1) is 25.3. The minimum atomic E-state index is -0.992. The molecule has 1 aliphatic carbocycles. The average molecular weight is 697 g/mol. The molecule has 0 unspecified atom stereocenters. The van der Waals surface area contributed by atoms with Crippen LogP contribution in [0.15, 0.2) is 104 Å². The van der Waals surface area contributed by atoms with Crippen molar-refractivity contribution in [3.8, 4) is 23.2 Å². The monoisotopic (exact) mass is 696 g/mol. The number of aromatic nitrogens is 5. The molecule has 5 aromatic rings. The fourth-order valence-corrected chi connectivity index (χ4v) is 6.65. The normalized spacial score (nSPS) is 20.1. The molecule has 0 radical (unpaired) electrons. The number of anilines is 1. The smallest absolute Gasteiger partial charge is 0.322 e. The number of nitrogens with zero attached hydrogens (tertiary/aromatic N) is 6. The number of carbonyl (C=O) groups is 4. The van der Waals surface area contributed by atoms with Crippen molar-refractivity contribution in [3.05, 3.63) is 126 Å². The van der Waals surface area contributed by atoms with Gasteiger partial charge >= 0.3 is 6.01 Å². The van der Waals surface area contributed by atoms with E-state index in [2.05, 4.69) is 37.4 Å². The number of hydrogen-bond acceptors (Lipinski definition) is 11. The van der Waals surface area contributed by atoms with Gasteiger partial charge < -0.3 is 14.8 Å². The summed E-state index contributed by atoms with van der Waals surface area (Å²) < 4.78 is 12.1. The van der Waals surface area contributed by atoms with Gasteiger partial charge in [-0.2, -0.15) is 10.2 Å². The molecule has 8 rings (SSSR count). The molecule has 2 N–H and O–H groups in total. The summed E-state index contributed by atoms with van der Waals surface area (Å²) >= 11 is 0. The van der Waals surface area contributed by atoms with Crippen LogP contribution in [0.5, 0.6) is 17.5 Å². The van der Waals surface area contributed by atoms with E-state index in [4.69, 9.17) is 9.47 Å². The number of rotatable bonds is 11. The summed E-state index contributed by atoms with van der Waals surface area (Å²) in [4.78, 5) is 60.9. The van der Waals surface area contributed by atoms with Crippen LogP contribution in [0, 0.1) is 0 Å². The first-order valence-electron chi connectivity index (χ1n) is 16.8. The maximum absolute atomic E-state index is 13.2. The summed E-state index contributed by atoms with van der Waals surface area (Å²) in [5.41, 5.74) is 3.94. The summed E-state index contributed by atoms with van der Waals surface area (Å²) in [7, 11) is 0. The topological polar surface area (TPSA) is 171 Å². The third-order valence-electron chi connectivity index (χ3n) is 9.40. The quantitative estimate of drug-likeness (QED) is 0.146. The van der Waals surface area contributed by atoms with Gasteiger partial charge in [0.2, 0.25) is 11.8 Å². The van der Waals surface area contributed by atoms with Crippen molar-refractivity contribution in [2.24, 2.45) is 0 Å². The zero-order valence-corrected chi connectivity index (χ0v) is 27.7. The van der Waals surface area contributed by atoms with E-state index >= 15 is 0 Å². The third kappa shape index (κ3) is 6.37. The van der Waals surface area contributed by atoms with Crippen LogP contribution in [0.25, 0.3) is 5.69 Å². The van der Waals surface area contributed by atoms with Crippen molar-refractivity contribution in [1.29, 1.82) is 0 Å². The molecule has 4 amide bonds. The summed E-state index contributed by atoms with van der Waals surface area (Å²) in [6.45, 7) is 4.06. The molecule has 2 aromatic heterocycles. The molecule has 3 aliphatic rings. The maximum atomic E-state index is 13.2. The Labute approximate surface area is 297 Å². The minimum Gasteiger partial charge on any atom is -0.490 e. The highest BCUT2D eigenvalue weighted by Gasteiger charge is 2.44. The van der Waals surface area contributed by atoms with Gasteiger partial charge in [0.05, 0.1) is 35.9 Å². The van der Waals surface area contributed by atoms with Crippen LogP contribution < -0.4 is 20.1 Å². The molecule has 0 spiro atoms. The fourth-order valence-electron chi connectivity index (χ4n) is 6.65. The van der Waals surface area contributed by atoms with E-state index in [1.54, 1.807) is 43.0 Å². The molecule has 1 saturated heterocycles. The number of carbonyl (C=O) groups excluding carboxylic acids is 4. The van der Waals surface area contributed by atoms with Crippen molar-refractivity contribution in [2.45, 2.75) is 49.8 Å². The van der Waals surface area contributed by atoms with Gasteiger partial charge in [-0.3, -0.25) is 29.4 Å². The number of amides is 4. The van der Waals surface area contributed by atoms with Gasteiger partial charge in [-0.1, -0.05) is 30.3 Å². The van der Waals surface area contributed by atoms with E-state index in [0.717, 1.165) is 34.6 Å². The van der Waals surface area contributed by atoms with Gasteiger partial charge in [-0.25, -0.2) is 9.97 Å². The first-order valence-corrected chi connectivity index (χ1v) is 16.8. The highest BCUT2D eigenvalue weighted by atomic mass is 16.5. The number of piperidine rings is 1. The number of ether oxygens (including phenoxy) is 2. The van der Waals surface area contributed by atoms with Gasteiger partial charge in [0.15, 0.2) is 0 Å². The van der Waals surface area contributed by atoms with E-state index in [9.17, 15) is 19.2 Å². The minimum absolute atomic E-state index is 0.0224. The Morgan fingerprint density at radius 2 is 1.50 bits per heavy atom. The molecule has 14 heteroatoms. The number of benzene rings is 3. The largest absolute Gasteiger partial charge is 0.490 e. The van der Waals surface area contributed by atoms with Gasteiger partial charge in [0.25, 0.3) is 11.8 Å². The van der Waals surface area contributed by atoms with E-state index in [0.29, 0.717) is 17.1 Å².